The van der Waals surface area contributed by atoms with Gasteiger partial charge >= 0.3 is 0 Å². The maximum Gasteiger partial charge on any atom is 0.222 e. The van der Waals surface area contributed by atoms with Crippen LogP contribution in [0.25, 0.3) is 22.5 Å². The van der Waals surface area contributed by atoms with E-state index in [-0.39, 0.29) is 11.3 Å². The zero-order chi connectivity index (χ0) is 31.2. The molecule has 1 fully saturated rings. The van der Waals surface area contributed by atoms with Crippen LogP contribution in [-0.4, -0.2) is 38.5 Å². The molecule has 0 bridgehead atoms. The molecule has 1 N–H and O–H groups in total. The molecule has 3 heterocycles. The van der Waals surface area contributed by atoms with Gasteiger partial charge in [0.15, 0.2) is 11.6 Å². The summed E-state index contributed by atoms with van der Waals surface area (Å²) in [5, 5.41) is 7.27. The third-order valence-electron chi connectivity index (χ3n) is 8.34. The van der Waals surface area contributed by atoms with Crippen molar-refractivity contribution >= 4 is 11.7 Å². The second-order valence-corrected chi connectivity index (χ2v) is 12.3. The molecule has 6 rings (SSSR count). The van der Waals surface area contributed by atoms with Gasteiger partial charge in [-0.3, -0.25) is 9.48 Å². The second-order valence-electron chi connectivity index (χ2n) is 12.3. The Balaban J connectivity index is 1.20. The number of rotatable bonds is 11. The molecule has 3 aromatic carbocycles. The lowest BCUT2D eigenvalue weighted by molar-refractivity contribution is -0.236. The molecule has 45 heavy (non-hydrogen) atoms. The highest BCUT2D eigenvalue weighted by Crippen LogP contribution is 2.40. The number of hydrogen-bond donors (Lipinski definition) is 1. The number of amides is 1. The number of aromatic nitrogens is 4. The van der Waals surface area contributed by atoms with E-state index < -0.39 is 6.29 Å². The fourth-order valence-corrected chi connectivity index (χ4v) is 5.99. The molecule has 5 aromatic rings. The third kappa shape index (κ3) is 7.24. The van der Waals surface area contributed by atoms with E-state index in [9.17, 15) is 4.79 Å². The Bertz CT molecular complexity index is 1710. The van der Waals surface area contributed by atoms with Crippen LogP contribution in [-0.2, 0) is 27.4 Å². The van der Waals surface area contributed by atoms with Crippen molar-refractivity contribution < 1.29 is 14.3 Å². The lowest BCUT2D eigenvalue weighted by atomic mass is 9.86. The SMILES string of the molecule is CC(=O)Nc1cc(C)n(CCCC[C@]2(C)CO[C@H](c3nc(-c4ccccc4)c(-c4ccccc4)n3Cc3ccccc3)OC2)n1. The quantitative estimate of drug-likeness (QED) is 0.157. The summed E-state index contributed by atoms with van der Waals surface area (Å²) in [6.07, 6.45) is 2.40. The first-order chi connectivity index (χ1) is 21.9. The number of unbranched alkanes of at least 4 members (excludes halogenated alkanes) is 1. The predicted molar refractivity (Wildman–Crippen MR) is 177 cm³/mol. The molecule has 0 spiro atoms. The monoisotopic (exact) mass is 603 g/mol. The number of hydrogen-bond acceptors (Lipinski definition) is 5. The van der Waals surface area contributed by atoms with E-state index in [0.29, 0.717) is 25.6 Å². The van der Waals surface area contributed by atoms with Gasteiger partial charge in [-0.2, -0.15) is 5.10 Å². The first-order valence-electron chi connectivity index (χ1n) is 15.7. The number of imidazole rings is 1. The van der Waals surface area contributed by atoms with E-state index in [0.717, 1.165) is 59.8 Å². The first kappa shape index (κ1) is 30.5. The van der Waals surface area contributed by atoms with Gasteiger partial charge in [-0.1, -0.05) is 104 Å². The molecule has 0 unspecified atom stereocenters. The highest BCUT2D eigenvalue weighted by Gasteiger charge is 2.36. The molecule has 1 saturated heterocycles. The molecule has 0 saturated carbocycles. The summed E-state index contributed by atoms with van der Waals surface area (Å²) in [7, 11) is 0. The summed E-state index contributed by atoms with van der Waals surface area (Å²) >= 11 is 0. The average molecular weight is 604 g/mol. The summed E-state index contributed by atoms with van der Waals surface area (Å²) < 4.78 is 17.2. The molecule has 1 aliphatic heterocycles. The van der Waals surface area contributed by atoms with E-state index in [4.69, 9.17) is 14.5 Å². The van der Waals surface area contributed by atoms with Crippen LogP contribution >= 0.6 is 0 Å². The molecule has 0 aliphatic carbocycles. The van der Waals surface area contributed by atoms with Gasteiger partial charge in [0.25, 0.3) is 0 Å². The number of benzene rings is 3. The maximum atomic E-state index is 11.4. The normalized spacial score (nSPS) is 18.2. The van der Waals surface area contributed by atoms with Gasteiger partial charge < -0.3 is 19.4 Å². The molecule has 232 valence electrons. The molecule has 0 atom stereocenters. The van der Waals surface area contributed by atoms with Gasteiger partial charge in [-0.05, 0) is 25.3 Å². The molecular weight excluding hydrogens is 562 g/mol. The summed E-state index contributed by atoms with van der Waals surface area (Å²) in [5.74, 6) is 1.27. The molecule has 1 aliphatic rings. The van der Waals surface area contributed by atoms with Crippen molar-refractivity contribution in [3.63, 3.8) is 0 Å². The van der Waals surface area contributed by atoms with Crippen LogP contribution in [0.15, 0.2) is 97.1 Å². The lowest BCUT2D eigenvalue weighted by Gasteiger charge is -2.37. The number of nitrogens with one attached hydrogen (secondary N) is 1. The van der Waals surface area contributed by atoms with Crippen LogP contribution in [0, 0.1) is 12.3 Å². The minimum absolute atomic E-state index is 0.0988. The summed E-state index contributed by atoms with van der Waals surface area (Å²) in [6.45, 7) is 8.37. The Kier molecular flexibility index (Phi) is 9.23. The predicted octanol–water partition coefficient (Wildman–Crippen LogP) is 7.65. The van der Waals surface area contributed by atoms with E-state index >= 15 is 0 Å². The van der Waals surface area contributed by atoms with Crippen LogP contribution < -0.4 is 5.32 Å². The summed E-state index contributed by atoms with van der Waals surface area (Å²) in [6, 6.07) is 33.2. The Labute approximate surface area is 265 Å². The van der Waals surface area contributed by atoms with Crippen molar-refractivity contribution in [1.29, 1.82) is 0 Å². The van der Waals surface area contributed by atoms with E-state index in [2.05, 4.69) is 94.7 Å². The minimum atomic E-state index is -0.569. The summed E-state index contributed by atoms with van der Waals surface area (Å²) in [4.78, 5) is 16.6. The molecule has 8 nitrogen and oxygen atoms in total. The highest BCUT2D eigenvalue weighted by atomic mass is 16.7. The van der Waals surface area contributed by atoms with Crippen molar-refractivity contribution in [3.05, 3.63) is 114 Å². The van der Waals surface area contributed by atoms with Crippen molar-refractivity contribution in [2.24, 2.45) is 5.41 Å². The van der Waals surface area contributed by atoms with Crippen molar-refractivity contribution in [1.82, 2.24) is 19.3 Å². The van der Waals surface area contributed by atoms with Crippen molar-refractivity contribution in [2.45, 2.75) is 59.4 Å². The van der Waals surface area contributed by atoms with Crippen molar-refractivity contribution in [2.75, 3.05) is 18.5 Å². The fraction of sp³-hybridized carbons (Fsp3) is 0.324. The Morgan fingerprint density at radius 3 is 2.18 bits per heavy atom. The van der Waals surface area contributed by atoms with Gasteiger partial charge in [0.05, 0.1) is 24.6 Å². The molecule has 2 aromatic heterocycles. The van der Waals surface area contributed by atoms with Crippen LogP contribution in [0.1, 0.15) is 56.5 Å². The lowest BCUT2D eigenvalue weighted by Crippen LogP contribution is -2.37. The number of aryl methyl sites for hydroxylation is 2. The number of carbonyl (C=O) groups excluding carboxylic acids is 1. The van der Waals surface area contributed by atoms with Crippen LogP contribution in [0.3, 0.4) is 0 Å². The number of anilines is 1. The minimum Gasteiger partial charge on any atom is -0.345 e. The third-order valence-corrected chi connectivity index (χ3v) is 8.34. The smallest absolute Gasteiger partial charge is 0.222 e. The number of carbonyl (C=O) groups is 1. The van der Waals surface area contributed by atoms with Crippen LogP contribution in [0.4, 0.5) is 5.82 Å². The van der Waals surface area contributed by atoms with Crippen LogP contribution in [0.5, 0.6) is 0 Å². The van der Waals surface area contributed by atoms with E-state index in [1.807, 2.05) is 35.9 Å². The van der Waals surface area contributed by atoms with E-state index in [1.54, 1.807) is 0 Å². The average Bonchev–Trinajstić information content (AvgIpc) is 3.60. The van der Waals surface area contributed by atoms with Gasteiger partial charge in [0.2, 0.25) is 12.2 Å². The molecular formula is C37H41N5O3. The Hall–Kier alpha value is -4.53. The zero-order valence-corrected chi connectivity index (χ0v) is 26.3. The number of ether oxygens (including phenoxy) is 2. The van der Waals surface area contributed by atoms with Crippen molar-refractivity contribution in [3.8, 4) is 22.5 Å². The Morgan fingerprint density at radius 1 is 0.911 bits per heavy atom. The van der Waals surface area contributed by atoms with Gasteiger partial charge in [-0.15, -0.1) is 0 Å². The van der Waals surface area contributed by atoms with Gasteiger partial charge in [0.1, 0.15) is 0 Å². The van der Waals surface area contributed by atoms with Gasteiger partial charge in [-0.25, -0.2) is 4.98 Å². The van der Waals surface area contributed by atoms with Gasteiger partial charge in [0, 0.05) is 48.3 Å². The topological polar surface area (TPSA) is 83.2 Å². The molecule has 0 radical (unpaired) electrons. The maximum absolute atomic E-state index is 11.4. The number of nitrogens with zero attached hydrogens (tertiary/aromatic N) is 4. The summed E-state index contributed by atoms with van der Waals surface area (Å²) in [5.41, 5.74) is 6.25. The highest BCUT2D eigenvalue weighted by molar-refractivity contribution is 5.87. The zero-order valence-electron chi connectivity index (χ0n) is 26.3. The Morgan fingerprint density at radius 2 is 1.53 bits per heavy atom. The second kappa shape index (κ2) is 13.6. The largest absolute Gasteiger partial charge is 0.345 e. The fourth-order valence-electron chi connectivity index (χ4n) is 5.99. The van der Waals surface area contributed by atoms with E-state index in [1.165, 1.54) is 12.5 Å². The standard InChI is InChI=1S/C37H41N5O3/c1-27-23-32(38-28(2)43)40-42(27)22-14-13-21-37(3)25-44-36(45-26-37)35-39-33(30-17-9-5-10-18-30)34(31-19-11-6-12-20-31)41(35)24-29-15-7-4-8-16-29/h4-12,15-20,23,36H,13-14,21-22,24-26H2,1-3H3,(H,38,40,43)/t36-,37+. The molecule has 1 amide bonds. The van der Waals surface area contributed by atoms with Crippen LogP contribution in [0.2, 0.25) is 0 Å². The first-order valence-corrected chi connectivity index (χ1v) is 15.7. The molecule has 8 heteroatoms.